The molecule has 1 aromatic carbocycles. The molecule has 0 unspecified atom stereocenters. The van der Waals surface area contributed by atoms with Crippen molar-refractivity contribution >= 4 is 11.8 Å². The number of carbonyl (C=O) groups is 2. The second kappa shape index (κ2) is 8.99. The van der Waals surface area contributed by atoms with E-state index in [1.807, 2.05) is 13.8 Å². The smallest absolute Gasteiger partial charge is 0.239 e. The predicted molar refractivity (Wildman–Crippen MR) is 80.7 cm³/mol. The van der Waals surface area contributed by atoms with Gasteiger partial charge in [-0.1, -0.05) is 26.0 Å². The lowest BCUT2D eigenvalue weighted by atomic mass is 10.1. The summed E-state index contributed by atoms with van der Waals surface area (Å²) in [6.45, 7) is 3.83. The second-order valence-electron chi connectivity index (χ2n) is 5.12. The van der Waals surface area contributed by atoms with Gasteiger partial charge in [0.15, 0.2) is 11.6 Å². The molecule has 1 rings (SSSR count). The number of rotatable bonds is 8. The van der Waals surface area contributed by atoms with Gasteiger partial charge in [-0.2, -0.15) is 0 Å². The van der Waals surface area contributed by atoms with E-state index in [0.717, 1.165) is 0 Å². The van der Waals surface area contributed by atoms with E-state index in [1.165, 1.54) is 12.1 Å². The molecule has 0 saturated carbocycles. The summed E-state index contributed by atoms with van der Waals surface area (Å²) in [5.41, 5.74) is 5.65. The highest BCUT2D eigenvalue weighted by atomic mass is 19.1. The van der Waals surface area contributed by atoms with Gasteiger partial charge in [0.1, 0.15) is 6.61 Å². The minimum Gasteiger partial charge on any atom is -0.489 e. The monoisotopic (exact) mass is 311 g/mol. The first-order chi connectivity index (χ1) is 10.4. The lowest BCUT2D eigenvalue weighted by Crippen LogP contribution is -2.47. The summed E-state index contributed by atoms with van der Waals surface area (Å²) in [4.78, 5) is 23.1. The van der Waals surface area contributed by atoms with Crippen LogP contribution in [0.5, 0.6) is 5.75 Å². The molecule has 0 bridgehead atoms. The van der Waals surface area contributed by atoms with Crippen LogP contribution >= 0.6 is 0 Å². The molecular formula is C15H22FN3O3. The molecule has 122 valence electrons. The highest BCUT2D eigenvalue weighted by Gasteiger charge is 2.17. The van der Waals surface area contributed by atoms with Crippen LogP contribution in [0.15, 0.2) is 24.3 Å². The van der Waals surface area contributed by atoms with Crippen LogP contribution in [-0.2, 0) is 9.59 Å². The zero-order valence-electron chi connectivity index (χ0n) is 12.8. The SMILES string of the molecule is CC(C)[C@H](N)C(=O)NCC(=O)NCCOc1ccccc1F. The van der Waals surface area contributed by atoms with Crippen LogP contribution in [0.2, 0.25) is 0 Å². The Hall–Kier alpha value is -2.15. The van der Waals surface area contributed by atoms with E-state index >= 15 is 0 Å². The Kier molecular flexibility index (Phi) is 7.31. The molecule has 2 amide bonds. The molecule has 1 atom stereocenters. The van der Waals surface area contributed by atoms with Gasteiger partial charge in [-0.05, 0) is 18.1 Å². The zero-order valence-corrected chi connectivity index (χ0v) is 12.8. The second-order valence-corrected chi connectivity index (χ2v) is 5.12. The van der Waals surface area contributed by atoms with Crippen LogP contribution in [0.4, 0.5) is 4.39 Å². The van der Waals surface area contributed by atoms with E-state index in [9.17, 15) is 14.0 Å². The van der Waals surface area contributed by atoms with E-state index in [0.29, 0.717) is 0 Å². The van der Waals surface area contributed by atoms with E-state index < -0.39 is 11.9 Å². The normalized spacial score (nSPS) is 11.9. The predicted octanol–water partition coefficient (Wildman–Crippen LogP) is 0.420. The zero-order chi connectivity index (χ0) is 16.5. The molecular weight excluding hydrogens is 289 g/mol. The fraction of sp³-hybridized carbons (Fsp3) is 0.467. The van der Waals surface area contributed by atoms with Gasteiger partial charge in [-0.15, -0.1) is 0 Å². The minimum atomic E-state index is -0.641. The van der Waals surface area contributed by atoms with E-state index in [-0.39, 0.29) is 43.2 Å². The molecule has 0 saturated heterocycles. The maximum absolute atomic E-state index is 13.3. The quantitative estimate of drug-likeness (QED) is 0.607. The Labute approximate surface area is 129 Å². The third kappa shape index (κ3) is 6.09. The van der Waals surface area contributed by atoms with Crippen molar-refractivity contribution in [3.63, 3.8) is 0 Å². The maximum Gasteiger partial charge on any atom is 0.239 e. The van der Waals surface area contributed by atoms with Crippen molar-refractivity contribution < 1.29 is 18.7 Å². The van der Waals surface area contributed by atoms with Crippen molar-refractivity contribution in [2.45, 2.75) is 19.9 Å². The summed E-state index contributed by atoms with van der Waals surface area (Å²) in [5.74, 6) is -1.05. The highest BCUT2D eigenvalue weighted by Crippen LogP contribution is 2.14. The highest BCUT2D eigenvalue weighted by molar-refractivity contribution is 5.87. The Morgan fingerprint density at radius 1 is 1.27 bits per heavy atom. The van der Waals surface area contributed by atoms with Crippen molar-refractivity contribution in [3.05, 3.63) is 30.1 Å². The van der Waals surface area contributed by atoms with Crippen LogP contribution in [0, 0.1) is 11.7 Å². The summed E-state index contributed by atoms with van der Waals surface area (Å²) in [6, 6.07) is 5.38. The largest absolute Gasteiger partial charge is 0.489 e. The molecule has 0 radical (unpaired) electrons. The summed E-state index contributed by atoms with van der Waals surface area (Å²) in [5, 5.41) is 5.01. The summed E-state index contributed by atoms with van der Waals surface area (Å²) < 4.78 is 18.4. The molecule has 6 nitrogen and oxygen atoms in total. The first kappa shape index (κ1) is 17.9. The fourth-order valence-corrected chi connectivity index (χ4v) is 1.56. The van der Waals surface area contributed by atoms with Gasteiger partial charge < -0.3 is 21.1 Å². The van der Waals surface area contributed by atoms with Crippen LogP contribution in [-0.4, -0.2) is 37.6 Å². The van der Waals surface area contributed by atoms with Gasteiger partial charge in [0.05, 0.1) is 19.1 Å². The number of ether oxygens (including phenoxy) is 1. The van der Waals surface area contributed by atoms with Crippen LogP contribution in [0.25, 0.3) is 0 Å². The number of carbonyl (C=O) groups excluding carboxylic acids is 2. The van der Waals surface area contributed by atoms with E-state index in [1.54, 1.807) is 12.1 Å². The summed E-state index contributed by atoms with van der Waals surface area (Å²) >= 11 is 0. The van der Waals surface area contributed by atoms with Crippen molar-refractivity contribution in [2.75, 3.05) is 19.7 Å². The Balaban J connectivity index is 2.19. The van der Waals surface area contributed by atoms with Gasteiger partial charge in [0, 0.05) is 0 Å². The number of amides is 2. The fourth-order valence-electron chi connectivity index (χ4n) is 1.56. The molecule has 0 aliphatic rings. The molecule has 0 spiro atoms. The van der Waals surface area contributed by atoms with Crippen molar-refractivity contribution in [2.24, 2.45) is 11.7 Å². The van der Waals surface area contributed by atoms with Crippen LogP contribution < -0.4 is 21.1 Å². The standard InChI is InChI=1S/C15H22FN3O3/c1-10(2)14(17)15(21)19-9-13(20)18-7-8-22-12-6-4-3-5-11(12)16/h3-6,10,14H,7-9,17H2,1-2H3,(H,18,20)(H,19,21)/t14-/m0/s1. The molecule has 22 heavy (non-hydrogen) atoms. The number of nitrogens with two attached hydrogens (primary N) is 1. The molecule has 0 fully saturated rings. The Morgan fingerprint density at radius 3 is 2.59 bits per heavy atom. The third-order valence-corrected chi connectivity index (χ3v) is 2.96. The number of benzene rings is 1. The lowest BCUT2D eigenvalue weighted by Gasteiger charge is -2.15. The number of hydrogen-bond acceptors (Lipinski definition) is 4. The molecule has 0 aliphatic carbocycles. The average molecular weight is 311 g/mol. The molecule has 7 heteroatoms. The summed E-state index contributed by atoms with van der Waals surface area (Å²) in [6.07, 6.45) is 0. The molecule has 4 N–H and O–H groups in total. The van der Waals surface area contributed by atoms with Gasteiger partial charge >= 0.3 is 0 Å². The third-order valence-electron chi connectivity index (χ3n) is 2.96. The summed E-state index contributed by atoms with van der Waals surface area (Å²) in [7, 11) is 0. The van der Waals surface area contributed by atoms with Crippen molar-refractivity contribution in [1.82, 2.24) is 10.6 Å². The van der Waals surface area contributed by atoms with Gasteiger partial charge in [0.2, 0.25) is 11.8 Å². The van der Waals surface area contributed by atoms with Crippen LogP contribution in [0.3, 0.4) is 0 Å². The van der Waals surface area contributed by atoms with E-state index in [4.69, 9.17) is 10.5 Å². The average Bonchev–Trinajstić information content (AvgIpc) is 2.49. The molecule has 1 aromatic rings. The first-order valence-corrected chi connectivity index (χ1v) is 7.09. The first-order valence-electron chi connectivity index (χ1n) is 7.09. The van der Waals surface area contributed by atoms with Crippen LogP contribution in [0.1, 0.15) is 13.8 Å². The van der Waals surface area contributed by atoms with Crippen molar-refractivity contribution in [3.8, 4) is 5.75 Å². The molecule has 0 heterocycles. The van der Waals surface area contributed by atoms with Gasteiger partial charge in [0.25, 0.3) is 0 Å². The Morgan fingerprint density at radius 2 is 1.95 bits per heavy atom. The van der Waals surface area contributed by atoms with Crippen molar-refractivity contribution in [1.29, 1.82) is 0 Å². The topological polar surface area (TPSA) is 93.5 Å². The maximum atomic E-state index is 13.3. The number of para-hydroxylation sites is 1. The number of nitrogens with one attached hydrogen (secondary N) is 2. The number of hydrogen-bond donors (Lipinski definition) is 3. The number of halogens is 1. The molecule has 0 aliphatic heterocycles. The minimum absolute atomic E-state index is 0.00256. The van der Waals surface area contributed by atoms with E-state index in [2.05, 4.69) is 10.6 Å². The molecule has 0 aromatic heterocycles. The van der Waals surface area contributed by atoms with Gasteiger partial charge in [-0.3, -0.25) is 9.59 Å². The Bertz CT molecular complexity index is 509. The lowest BCUT2D eigenvalue weighted by molar-refractivity contribution is -0.127. The van der Waals surface area contributed by atoms with Gasteiger partial charge in [-0.25, -0.2) is 4.39 Å².